The normalized spacial score (nSPS) is 12.8. The van der Waals surface area contributed by atoms with Crippen LogP contribution in [-0.2, 0) is 15.7 Å². The second-order valence-corrected chi connectivity index (χ2v) is 5.70. The lowest BCUT2D eigenvalue weighted by molar-refractivity contribution is -0.137. The fraction of sp³-hybridized carbons (Fsp3) is 0.588. The molecular weight excluding hydrogens is 323 g/mol. The molecule has 0 radical (unpaired) electrons. The second-order valence-electron chi connectivity index (χ2n) is 5.70. The molecule has 1 aromatic rings. The highest BCUT2D eigenvalue weighted by Gasteiger charge is 2.31. The Kier molecular flexibility index (Phi) is 8.04. The molecule has 1 rings (SSSR count). The summed E-state index contributed by atoms with van der Waals surface area (Å²) in [5.41, 5.74) is -0.812. The molecule has 0 bridgehead atoms. The van der Waals surface area contributed by atoms with Crippen LogP contribution in [0.15, 0.2) is 18.2 Å². The van der Waals surface area contributed by atoms with Crippen molar-refractivity contribution >= 4 is 11.6 Å². The predicted octanol–water partition coefficient (Wildman–Crippen LogP) is 4.50. The number of amides is 1. The quantitative estimate of drug-likeness (QED) is 0.669. The highest BCUT2D eigenvalue weighted by atomic mass is 19.4. The van der Waals surface area contributed by atoms with E-state index in [2.05, 4.69) is 5.32 Å². The molecule has 0 aliphatic carbocycles. The molecule has 0 aromatic heterocycles. The fourth-order valence-corrected chi connectivity index (χ4v) is 2.28. The number of anilines is 1. The molecule has 1 unspecified atom stereocenters. The first-order valence-electron chi connectivity index (χ1n) is 7.90. The van der Waals surface area contributed by atoms with Gasteiger partial charge in [-0.15, -0.1) is 0 Å². The molecule has 1 aromatic carbocycles. The third-order valence-corrected chi connectivity index (χ3v) is 3.44. The highest BCUT2D eigenvalue weighted by molar-refractivity contribution is 5.92. The van der Waals surface area contributed by atoms with Gasteiger partial charge in [-0.1, -0.05) is 26.7 Å². The van der Waals surface area contributed by atoms with Crippen molar-refractivity contribution in [2.75, 3.05) is 25.6 Å². The minimum absolute atomic E-state index is 0.0228. The Morgan fingerprint density at radius 2 is 2.00 bits per heavy atom. The maximum Gasteiger partial charge on any atom is 0.416 e. The number of methoxy groups -OCH3 is 1. The first-order chi connectivity index (χ1) is 11.3. The van der Waals surface area contributed by atoms with Gasteiger partial charge in [0.1, 0.15) is 12.4 Å². The van der Waals surface area contributed by atoms with Crippen LogP contribution in [-0.4, -0.2) is 26.2 Å². The maximum absolute atomic E-state index is 12.9. The lowest BCUT2D eigenvalue weighted by atomic mass is 10.0. The number of carbonyl (C=O) groups is 1. The Morgan fingerprint density at radius 1 is 1.29 bits per heavy atom. The molecule has 0 aliphatic rings. The van der Waals surface area contributed by atoms with Gasteiger partial charge in [0.25, 0.3) is 0 Å². The van der Waals surface area contributed by atoms with Crippen LogP contribution in [0.1, 0.15) is 38.7 Å². The van der Waals surface area contributed by atoms with Gasteiger partial charge in [-0.05, 0) is 24.1 Å². The molecule has 1 atom stereocenters. The van der Waals surface area contributed by atoms with Gasteiger partial charge in [-0.2, -0.15) is 13.2 Å². The van der Waals surface area contributed by atoms with E-state index >= 15 is 0 Å². The lowest BCUT2D eigenvalue weighted by Crippen LogP contribution is -2.17. The van der Waals surface area contributed by atoms with Gasteiger partial charge in [0.15, 0.2) is 0 Å². The fourth-order valence-electron chi connectivity index (χ4n) is 2.28. The SMILES string of the molecule is CCCC(C)CC(=O)Nc1cc(C(F)(F)F)ccc1OCCOC. The number of hydrogen-bond donors (Lipinski definition) is 1. The number of ether oxygens (including phenoxy) is 2. The van der Waals surface area contributed by atoms with Crippen LogP contribution in [0.3, 0.4) is 0 Å². The molecule has 0 spiro atoms. The number of rotatable bonds is 9. The number of benzene rings is 1. The summed E-state index contributed by atoms with van der Waals surface area (Å²) in [6, 6.07) is 3.03. The van der Waals surface area contributed by atoms with Gasteiger partial charge in [0.2, 0.25) is 5.91 Å². The Labute approximate surface area is 140 Å². The molecule has 0 aliphatic heterocycles. The largest absolute Gasteiger partial charge is 0.489 e. The summed E-state index contributed by atoms with van der Waals surface area (Å²) in [6.45, 7) is 4.42. The predicted molar refractivity (Wildman–Crippen MR) is 86.1 cm³/mol. The Balaban J connectivity index is 2.91. The lowest BCUT2D eigenvalue weighted by Gasteiger charge is -2.16. The van der Waals surface area contributed by atoms with E-state index in [0.717, 1.165) is 25.0 Å². The molecule has 0 saturated carbocycles. The van der Waals surface area contributed by atoms with E-state index < -0.39 is 11.7 Å². The van der Waals surface area contributed by atoms with Gasteiger partial charge < -0.3 is 14.8 Å². The highest BCUT2D eigenvalue weighted by Crippen LogP contribution is 2.35. The van der Waals surface area contributed by atoms with Crippen molar-refractivity contribution in [3.05, 3.63) is 23.8 Å². The van der Waals surface area contributed by atoms with E-state index in [-0.39, 0.29) is 36.3 Å². The topological polar surface area (TPSA) is 47.6 Å². The summed E-state index contributed by atoms with van der Waals surface area (Å²) in [5, 5.41) is 2.53. The summed E-state index contributed by atoms with van der Waals surface area (Å²) in [6.07, 6.45) is -2.40. The number of nitrogens with one attached hydrogen (secondary N) is 1. The van der Waals surface area contributed by atoms with Crippen molar-refractivity contribution in [3.8, 4) is 5.75 Å². The standard InChI is InChI=1S/C17H24F3NO3/c1-4-5-12(2)10-16(22)21-14-11-13(17(18,19)20)6-7-15(14)24-9-8-23-3/h6-7,11-12H,4-5,8-10H2,1-3H3,(H,21,22). The molecule has 0 fully saturated rings. The molecule has 0 saturated heterocycles. The first-order valence-corrected chi connectivity index (χ1v) is 7.90. The third-order valence-electron chi connectivity index (χ3n) is 3.44. The minimum atomic E-state index is -4.49. The van der Waals surface area contributed by atoms with Gasteiger partial charge in [0.05, 0.1) is 17.9 Å². The Bertz CT molecular complexity index is 532. The number of carbonyl (C=O) groups excluding carboxylic acids is 1. The second kappa shape index (κ2) is 9.52. The number of hydrogen-bond acceptors (Lipinski definition) is 3. The van der Waals surface area contributed by atoms with Crippen molar-refractivity contribution in [1.29, 1.82) is 0 Å². The van der Waals surface area contributed by atoms with Crippen LogP contribution >= 0.6 is 0 Å². The van der Waals surface area contributed by atoms with E-state index in [1.165, 1.54) is 13.2 Å². The molecular formula is C17H24F3NO3. The Morgan fingerprint density at radius 3 is 2.58 bits per heavy atom. The van der Waals surface area contributed by atoms with Crippen molar-refractivity contribution < 1.29 is 27.4 Å². The van der Waals surface area contributed by atoms with E-state index in [0.29, 0.717) is 6.61 Å². The molecule has 24 heavy (non-hydrogen) atoms. The summed E-state index contributed by atoms with van der Waals surface area (Å²) >= 11 is 0. The summed E-state index contributed by atoms with van der Waals surface area (Å²) < 4.78 is 48.9. The minimum Gasteiger partial charge on any atom is -0.489 e. The van der Waals surface area contributed by atoms with Crippen LogP contribution in [0, 0.1) is 5.92 Å². The zero-order chi connectivity index (χ0) is 18.2. The van der Waals surface area contributed by atoms with Crippen LogP contribution in [0.5, 0.6) is 5.75 Å². The summed E-state index contributed by atoms with van der Waals surface area (Å²) in [5.74, 6) is 0.0297. The maximum atomic E-state index is 12.9. The molecule has 1 amide bonds. The van der Waals surface area contributed by atoms with Crippen molar-refractivity contribution in [3.63, 3.8) is 0 Å². The van der Waals surface area contributed by atoms with Crippen molar-refractivity contribution in [2.24, 2.45) is 5.92 Å². The smallest absolute Gasteiger partial charge is 0.416 e. The van der Waals surface area contributed by atoms with Crippen LogP contribution < -0.4 is 10.1 Å². The monoisotopic (exact) mass is 347 g/mol. The van der Waals surface area contributed by atoms with E-state index in [9.17, 15) is 18.0 Å². The third kappa shape index (κ3) is 6.78. The molecule has 136 valence electrons. The van der Waals surface area contributed by atoms with Crippen LogP contribution in [0.4, 0.5) is 18.9 Å². The molecule has 4 nitrogen and oxygen atoms in total. The van der Waals surface area contributed by atoms with Gasteiger partial charge >= 0.3 is 6.18 Å². The number of halogens is 3. The zero-order valence-electron chi connectivity index (χ0n) is 14.2. The summed E-state index contributed by atoms with van der Waals surface area (Å²) in [4.78, 5) is 12.1. The Hall–Kier alpha value is -1.76. The van der Waals surface area contributed by atoms with Crippen molar-refractivity contribution in [1.82, 2.24) is 0 Å². The van der Waals surface area contributed by atoms with Gasteiger partial charge in [0, 0.05) is 13.5 Å². The van der Waals surface area contributed by atoms with E-state index in [1.807, 2.05) is 13.8 Å². The summed E-state index contributed by atoms with van der Waals surface area (Å²) in [7, 11) is 1.49. The molecule has 1 N–H and O–H groups in total. The molecule has 0 heterocycles. The average molecular weight is 347 g/mol. The van der Waals surface area contributed by atoms with Crippen LogP contribution in [0.2, 0.25) is 0 Å². The average Bonchev–Trinajstić information content (AvgIpc) is 2.47. The van der Waals surface area contributed by atoms with E-state index in [1.54, 1.807) is 0 Å². The zero-order valence-corrected chi connectivity index (χ0v) is 14.2. The van der Waals surface area contributed by atoms with Crippen LogP contribution in [0.25, 0.3) is 0 Å². The van der Waals surface area contributed by atoms with Crippen molar-refractivity contribution in [2.45, 2.75) is 39.3 Å². The van der Waals surface area contributed by atoms with E-state index in [4.69, 9.17) is 9.47 Å². The molecule has 7 heteroatoms. The number of alkyl halides is 3. The first kappa shape index (κ1) is 20.3. The van der Waals surface area contributed by atoms with Gasteiger partial charge in [-0.25, -0.2) is 0 Å². The van der Waals surface area contributed by atoms with Gasteiger partial charge in [-0.3, -0.25) is 4.79 Å².